The molecular formula is C19H9ClO4. The molecule has 5 heteroatoms. The van der Waals surface area contributed by atoms with Crippen molar-refractivity contribution < 1.29 is 19.2 Å². The molecule has 0 bridgehead atoms. The van der Waals surface area contributed by atoms with Gasteiger partial charge in [-0.15, -0.1) is 0 Å². The largest absolute Gasteiger partial charge is 0.293 e. The number of Topliss-reactive ketones (excluding diaryl/α,β-unsaturated/α-hetero) is 4. The molecule has 0 atom stereocenters. The van der Waals surface area contributed by atoms with Crippen LogP contribution in [-0.4, -0.2) is 23.1 Å². The number of halogens is 1. The van der Waals surface area contributed by atoms with E-state index in [1.54, 1.807) is 24.3 Å². The monoisotopic (exact) mass is 336 g/mol. The molecule has 0 saturated heterocycles. The van der Waals surface area contributed by atoms with Crippen molar-refractivity contribution in [3.8, 4) is 0 Å². The van der Waals surface area contributed by atoms with Crippen LogP contribution < -0.4 is 0 Å². The molecule has 0 spiro atoms. The molecule has 0 aromatic heterocycles. The summed E-state index contributed by atoms with van der Waals surface area (Å²) < 4.78 is 0. The van der Waals surface area contributed by atoms with Crippen LogP contribution in [0.3, 0.4) is 0 Å². The minimum absolute atomic E-state index is 0.165. The van der Waals surface area contributed by atoms with E-state index in [4.69, 9.17) is 11.6 Å². The molecule has 0 unspecified atom stereocenters. The maximum Gasteiger partial charge on any atom is 0.205 e. The Morgan fingerprint density at radius 3 is 1.54 bits per heavy atom. The normalized spacial score (nSPS) is 17.4. The Morgan fingerprint density at radius 1 is 0.625 bits per heavy atom. The lowest BCUT2D eigenvalue weighted by atomic mass is 9.81. The second-order valence-corrected chi connectivity index (χ2v) is 6.02. The number of carbonyl (C=O) groups excluding carboxylic acids is 4. The zero-order valence-electron chi connectivity index (χ0n) is 12.2. The van der Waals surface area contributed by atoms with Crippen LogP contribution in [0.25, 0.3) is 0 Å². The molecule has 0 aliphatic heterocycles. The Labute approximate surface area is 141 Å². The van der Waals surface area contributed by atoms with Crippen LogP contribution in [0.4, 0.5) is 0 Å². The fourth-order valence-corrected chi connectivity index (χ4v) is 3.52. The molecule has 0 radical (unpaired) electrons. The summed E-state index contributed by atoms with van der Waals surface area (Å²) in [5.41, 5.74) is 0.642. The van der Waals surface area contributed by atoms with E-state index in [2.05, 4.69) is 0 Å². The van der Waals surface area contributed by atoms with Crippen LogP contribution in [0.1, 0.15) is 41.4 Å². The Bertz CT molecular complexity index is 965. The number of allylic oxidation sites excluding steroid dienone is 2. The Kier molecular flexibility index (Phi) is 3.11. The summed E-state index contributed by atoms with van der Waals surface area (Å²) in [7, 11) is 0. The van der Waals surface area contributed by atoms with Crippen LogP contribution in [0.15, 0.2) is 59.1 Å². The van der Waals surface area contributed by atoms with Gasteiger partial charge < -0.3 is 0 Å². The van der Waals surface area contributed by atoms with Gasteiger partial charge in [-0.2, -0.15) is 0 Å². The Balaban J connectivity index is 1.91. The standard InChI is InChI=1S/C19H9ClO4/c20-15-13(16(21)11-7-3-4-8-12(11)19(15)24)14-17(22)9-5-1-2-6-10(9)18(14)23/h1-8,14H. The molecule has 4 rings (SSSR count). The van der Waals surface area contributed by atoms with E-state index in [0.29, 0.717) is 0 Å². The highest BCUT2D eigenvalue weighted by atomic mass is 35.5. The predicted octanol–water partition coefficient (Wildman–Crippen LogP) is 3.25. The lowest BCUT2D eigenvalue weighted by Gasteiger charge is -2.20. The smallest absolute Gasteiger partial charge is 0.205 e. The number of ketones is 4. The van der Waals surface area contributed by atoms with Crippen molar-refractivity contribution in [1.82, 2.24) is 0 Å². The number of rotatable bonds is 1. The first-order chi connectivity index (χ1) is 11.5. The van der Waals surface area contributed by atoms with Crippen LogP contribution >= 0.6 is 11.6 Å². The zero-order chi connectivity index (χ0) is 17.0. The van der Waals surface area contributed by atoms with Crippen LogP contribution in [0, 0.1) is 5.92 Å². The van der Waals surface area contributed by atoms with Gasteiger partial charge in [0.2, 0.25) is 5.78 Å². The number of hydrogen-bond donors (Lipinski definition) is 0. The summed E-state index contributed by atoms with van der Waals surface area (Å²) >= 11 is 6.11. The third-order valence-corrected chi connectivity index (χ3v) is 4.74. The molecule has 2 aliphatic carbocycles. The molecular weight excluding hydrogens is 328 g/mol. The molecule has 0 N–H and O–H groups in total. The maximum atomic E-state index is 12.8. The molecule has 0 heterocycles. The quantitative estimate of drug-likeness (QED) is 0.750. The Morgan fingerprint density at radius 2 is 1.04 bits per heavy atom. The average Bonchev–Trinajstić information content (AvgIpc) is 2.86. The predicted molar refractivity (Wildman–Crippen MR) is 86.6 cm³/mol. The van der Waals surface area contributed by atoms with Gasteiger partial charge in [-0.1, -0.05) is 60.1 Å². The van der Waals surface area contributed by atoms with Crippen molar-refractivity contribution in [3.63, 3.8) is 0 Å². The van der Waals surface area contributed by atoms with E-state index in [1.807, 2.05) is 0 Å². The van der Waals surface area contributed by atoms with Crippen LogP contribution in [0.2, 0.25) is 0 Å². The van der Waals surface area contributed by atoms with Crippen molar-refractivity contribution in [2.45, 2.75) is 0 Å². The number of carbonyl (C=O) groups is 4. The molecule has 0 saturated carbocycles. The number of hydrogen-bond acceptors (Lipinski definition) is 4. The molecule has 2 aromatic rings. The lowest BCUT2D eigenvalue weighted by molar-refractivity contribution is 0.0834. The molecule has 2 aromatic carbocycles. The van der Waals surface area contributed by atoms with E-state index >= 15 is 0 Å². The topological polar surface area (TPSA) is 68.3 Å². The highest BCUT2D eigenvalue weighted by Gasteiger charge is 2.46. The van der Waals surface area contributed by atoms with E-state index in [9.17, 15) is 19.2 Å². The van der Waals surface area contributed by atoms with Gasteiger partial charge in [0.25, 0.3) is 0 Å². The lowest BCUT2D eigenvalue weighted by Crippen LogP contribution is -2.29. The first kappa shape index (κ1) is 14.7. The molecule has 24 heavy (non-hydrogen) atoms. The van der Waals surface area contributed by atoms with E-state index in [-0.39, 0.29) is 32.9 Å². The van der Waals surface area contributed by atoms with Crippen molar-refractivity contribution >= 4 is 34.7 Å². The molecule has 116 valence electrons. The highest BCUT2D eigenvalue weighted by Crippen LogP contribution is 2.38. The number of benzene rings is 2. The van der Waals surface area contributed by atoms with Gasteiger partial charge in [0, 0.05) is 27.8 Å². The second-order valence-electron chi connectivity index (χ2n) is 5.64. The van der Waals surface area contributed by atoms with Gasteiger partial charge in [0.15, 0.2) is 17.3 Å². The summed E-state index contributed by atoms with van der Waals surface area (Å²) in [4.78, 5) is 50.5. The van der Waals surface area contributed by atoms with Gasteiger partial charge in [0.05, 0.1) is 5.03 Å². The van der Waals surface area contributed by atoms with Gasteiger partial charge in [-0.3, -0.25) is 19.2 Å². The summed E-state index contributed by atoms with van der Waals surface area (Å²) in [6, 6.07) is 12.6. The van der Waals surface area contributed by atoms with Gasteiger partial charge in [0.1, 0.15) is 5.92 Å². The maximum absolute atomic E-state index is 12.8. The van der Waals surface area contributed by atoms with E-state index in [0.717, 1.165) is 0 Å². The third kappa shape index (κ3) is 1.80. The van der Waals surface area contributed by atoms with Crippen molar-refractivity contribution in [2.24, 2.45) is 5.92 Å². The van der Waals surface area contributed by atoms with Crippen molar-refractivity contribution in [2.75, 3.05) is 0 Å². The fourth-order valence-electron chi connectivity index (χ4n) is 3.23. The van der Waals surface area contributed by atoms with E-state index in [1.165, 1.54) is 24.3 Å². The van der Waals surface area contributed by atoms with E-state index < -0.39 is 29.1 Å². The molecule has 0 amide bonds. The summed E-state index contributed by atoms with van der Waals surface area (Å²) in [5, 5.41) is -0.349. The van der Waals surface area contributed by atoms with Gasteiger partial charge in [-0.05, 0) is 0 Å². The summed E-state index contributed by atoms with van der Waals surface area (Å²) in [5.74, 6) is -3.43. The average molecular weight is 337 g/mol. The first-order valence-corrected chi connectivity index (χ1v) is 7.65. The highest BCUT2D eigenvalue weighted by molar-refractivity contribution is 6.51. The SMILES string of the molecule is O=C1C(Cl)=C(C2C(=O)c3ccccc3C2=O)C(=O)c2ccccc21. The second kappa shape index (κ2) is 5.08. The Hall–Kier alpha value is -2.85. The van der Waals surface area contributed by atoms with Gasteiger partial charge >= 0.3 is 0 Å². The molecule has 2 aliphatic rings. The number of fused-ring (bicyclic) bond motifs is 2. The minimum Gasteiger partial charge on any atom is -0.293 e. The fraction of sp³-hybridized carbons (Fsp3) is 0.0526. The van der Waals surface area contributed by atoms with Crippen molar-refractivity contribution in [1.29, 1.82) is 0 Å². The van der Waals surface area contributed by atoms with Crippen molar-refractivity contribution in [3.05, 3.63) is 81.4 Å². The van der Waals surface area contributed by atoms with Crippen LogP contribution in [-0.2, 0) is 0 Å². The minimum atomic E-state index is -1.35. The van der Waals surface area contributed by atoms with Gasteiger partial charge in [-0.25, -0.2) is 0 Å². The summed E-state index contributed by atoms with van der Waals surface area (Å²) in [6.07, 6.45) is 0. The molecule has 0 fully saturated rings. The zero-order valence-corrected chi connectivity index (χ0v) is 13.0. The molecule has 4 nitrogen and oxygen atoms in total. The summed E-state index contributed by atoms with van der Waals surface area (Å²) in [6.45, 7) is 0. The first-order valence-electron chi connectivity index (χ1n) is 7.28. The third-order valence-electron chi connectivity index (χ3n) is 4.37. The van der Waals surface area contributed by atoms with Crippen LogP contribution in [0.5, 0.6) is 0 Å².